The molecule has 0 aliphatic rings. The number of methoxy groups -OCH3 is 2. The molecule has 2 aromatic carbocycles. The zero-order chi connectivity index (χ0) is 16.8. The molecule has 0 bridgehead atoms. The van der Waals surface area contributed by atoms with Gasteiger partial charge < -0.3 is 14.8 Å². The molecule has 23 heavy (non-hydrogen) atoms. The van der Waals surface area contributed by atoms with Crippen molar-refractivity contribution in [3.05, 3.63) is 59.2 Å². The number of ether oxygens (including phenoxy) is 2. The third-order valence-corrected chi connectivity index (χ3v) is 3.85. The molecular formula is C19H23NO3. The zero-order valence-corrected chi connectivity index (χ0v) is 14.1. The summed E-state index contributed by atoms with van der Waals surface area (Å²) in [6.07, 6.45) is 0.798. The Morgan fingerprint density at radius 1 is 1.04 bits per heavy atom. The smallest absolute Gasteiger partial charge is 0.259 e. The third kappa shape index (κ3) is 3.83. The van der Waals surface area contributed by atoms with Crippen LogP contribution in [0.5, 0.6) is 11.5 Å². The summed E-state index contributed by atoms with van der Waals surface area (Å²) in [5.74, 6) is 0.799. The quantitative estimate of drug-likeness (QED) is 0.880. The van der Waals surface area contributed by atoms with Crippen LogP contribution in [0.1, 0.15) is 40.9 Å². The van der Waals surface area contributed by atoms with E-state index in [1.807, 2.05) is 38.1 Å². The Morgan fingerprint density at radius 3 is 2.09 bits per heavy atom. The molecule has 0 saturated heterocycles. The molecule has 2 aromatic rings. The number of carbonyl (C=O) groups is 1. The minimum atomic E-state index is -0.202. The summed E-state index contributed by atoms with van der Waals surface area (Å²) in [4.78, 5) is 12.7. The normalized spacial score (nSPS) is 11.7. The molecule has 4 nitrogen and oxygen atoms in total. The van der Waals surface area contributed by atoms with Crippen LogP contribution in [-0.4, -0.2) is 20.1 Å². The molecule has 0 heterocycles. The maximum atomic E-state index is 12.7. The van der Waals surface area contributed by atoms with E-state index in [2.05, 4.69) is 5.32 Å². The molecule has 4 heteroatoms. The second-order valence-electron chi connectivity index (χ2n) is 5.38. The predicted molar refractivity (Wildman–Crippen MR) is 91.2 cm³/mol. The number of hydrogen-bond donors (Lipinski definition) is 1. The summed E-state index contributed by atoms with van der Waals surface area (Å²) in [5.41, 5.74) is 2.70. The van der Waals surface area contributed by atoms with Gasteiger partial charge in [-0.05, 0) is 31.0 Å². The van der Waals surface area contributed by atoms with Crippen LogP contribution >= 0.6 is 0 Å². The van der Waals surface area contributed by atoms with Crippen LogP contribution in [0.3, 0.4) is 0 Å². The van der Waals surface area contributed by atoms with Gasteiger partial charge in [-0.2, -0.15) is 0 Å². The number of nitrogens with one attached hydrogen (secondary N) is 1. The Kier molecular flexibility index (Phi) is 5.63. The van der Waals surface area contributed by atoms with Crippen molar-refractivity contribution in [1.82, 2.24) is 5.32 Å². The molecule has 0 aromatic heterocycles. The largest absolute Gasteiger partial charge is 0.496 e. The highest BCUT2D eigenvalue weighted by Gasteiger charge is 2.21. The first kappa shape index (κ1) is 16.9. The molecule has 0 aliphatic carbocycles. The van der Waals surface area contributed by atoms with E-state index in [1.54, 1.807) is 32.4 Å². The van der Waals surface area contributed by atoms with E-state index in [4.69, 9.17) is 9.47 Å². The van der Waals surface area contributed by atoms with Crippen molar-refractivity contribution in [2.45, 2.75) is 26.3 Å². The number of amides is 1. The van der Waals surface area contributed by atoms with E-state index in [-0.39, 0.29) is 11.9 Å². The van der Waals surface area contributed by atoms with E-state index in [1.165, 1.54) is 5.56 Å². The molecule has 2 rings (SSSR count). The summed E-state index contributed by atoms with van der Waals surface area (Å²) < 4.78 is 10.6. The lowest BCUT2D eigenvalue weighted by atomic mass is 10.0. The van der Waals surface area contributed by atoms with Gasteiger partial charge in [-0.1, -0.05) is 42.8 Å². The first-order chi connectivity index (χ1) is 11.1. The topological polar surface area (TPSA) is 47.6 Å². The predicted octanol–water partition coefficient (Wildman–Crippen LogP) is 3.89. The van der Waals surface area contributed by atoms with Crippen molar-refractivity contribution in [3.8, 4) is 11.5 Å². The van der Waals surface area contributed by atoms with Gasteiger partial charge in [0.2, 0.25) is 0 Å². The highest BCUT2D eigenvalue weighted by atomic mass is 16.5. The van der Waals surface area contributed by atoms with Crippen molar-refractivity contribution < 1.29 is 14.3 Å². The van der Waals surface area contributed by atoms with E-state index >= 15 is 0 Å². The maximum absolute atomic E-state index is 12.7. The average Bonchev–Trinajstić information content (AvgIpc) is 2.59. The van der Waals surface area contributed by atoms with Crippen LogP contribution in [0.25, 0.3) is 0 Å². The molecule has 0 aliphatic heterocycles. The lowest BCUT2D eigenvalue weighted by Gasteiger charge is -2.19. The fraction of sp³-hybridized carbons (Fsp3) is 0.316. The van der Waals surface area contributed by atoms with Gasteiger partial charge in [-0.15, -0.1) is 0 Å². The Bertz CT molecular complexity index is 643. The van der Waals surface area contributed by atoms with Crippen LogP contribution in [0.15, 0.2) is 42.5 Å². The molecular weight excluding hydrogens is 290 g/mol. The van der Waals surface area contributed by atoms with Gasteiger partial charge in [0.1, 0.15) is 17.1 Å². The molecule has 1 amide bonds. The number of hydrogen-bond acceptors (Lipinski definition) is 3. The first-order valence-electron chi connectivity index (χ1n) is 7.69. The summed E-state index contributed by atoms with van der Waals surface area (Å²) in [6.45, 7) is 4.09. The Balaban J connectivity index is 2.28. The summed E-state index contributed by atoms with van der Waals surface area (Å²) in [5, 5.41) is 3.07. The lowest BCUT2D eigenvalue weighted by Crippen LogP contribution is -2.28. The SMILES string of the molecule is CC[C@H](NC(=O)c1c(OC)cccc1OC)c1ccc(C)cc1. The van der Waals surface area contributed by atoms with Crippen LogP contribution in [0.4, 0.5) is 0 Å². The third-order valence-electron chi connectivity index (χ3n) is 3.85. The molecule has 0 unspecified atom stereocenters. The lowest BCUT2D eigenvalue weighted by molar-refractivity contribution is 0.0929. The standard InChI is InChI=1S/C19H23NO3/c1-5-15(14-11-9-13(2)10-12-14)20-19(21)18-16(22-3)7-6-8-17(18)23-4/h6-12,15H,5H2,1-4H3,(H,20,21)/t15-/m0/s1. The monoisotopic (exact) mass is 313 g/mol. The van der Waals surface area contributed by atoms with Crippen molar-refractivity contribution in [1.29, 1.82) is 0 Å². The van der Waals surface area contributed by atoms with Gasteiger partial charge >= 0.3 is 0 Å². The maximum Gasteiger partial charge on any atom is 0.259 e. The van der Waals surface area contributed by atoms with Crippen LogP contribution in [0.2, 0.25) is 0 Å². The Hall–Kier alpha value is -2.49. The number of benzene rings is 2. The number of rotatable bonds is 6. The van der Waals surface area contributed by atoms with Gasteiger partial charge in [0.15, 0.2) is 0 Å². The van der Waals surface area contributed by atoms with Gasteiger partial charge in [0.25, 0.3) is 5.91 Å². The van der Waals surface area contributed by atoms with E-state index < -0.39 is 0 Å². The van der Waals surface area contributed by atoms with Crippen LogP contribution < -0.4 is 14.8 Å². The van der Waals surface area contributed by atoms with Crippen molar-refractivity contribution in [2.24, 2.45) is 0 Å². The molecule has 0 fully saturated rings. The summed E-state index contributed by atoms with van der Waals surface area (Å²) in [7, 11) is 3.09. The molecule has 0 saturated carbocycles. The molecule has 122 valence electrons. The van der Waals surface area contributed by atoms with Gasteiger partial charge in [0, 0.05) is 0 Å². The van der Waals surface area contributed by atoms with E-state index in [0.717, 1.165) is 12.0 Å². The Morgan fingerprint density at radius 2 is 1.61 bits per heavy atom. The van der Waals surface area contributed by atoms with Crippen LogP contribution in [0, 0.1) is 6.92 Å². The first-order valence-corrected chi connectivity index (χ1v) is 7.69. The van der Waals surface area contributed by atoms with Crippen LogP contribution in [-0.2, 0) is 0 Å². The summed E-state index contributed by atoms with van der Waals surface area (Å²) in [6, 6.07) is 13.4. The molecule has 0 spiro atoms. The summed E-state index contributed by atoms with van der Waals surface area (Å²) >= 11 is 0. The van der Waals surface area contributed by atoms with E-state index in [0.29, 0.717) is 17.1 Å². The fourth-order valence-electron chi connectivity index (χ4n) is 2.53. The van der Waals surface area contributed by atoms with Gasteiger partial charge in [-0.25, -0.2) is 0 Å². The second-order valence-corrected chi connectivity index (χ2v) is 5.38. The second kappa shape index (κ2) is 7.68. The fourth-order valence-corrected chi connectivity index (χ4v) is 2.53. The molecule has 1 atom stereocenters. The van der Waals surface area contributed by atoms with Crippen molar-refractivity contribution in [2.75, 3.05) is 14.2 Å². The minimum absolute atomic E-state index is 0.0577. The zero-order valence-electron chi connectivity index (χ0n) is 14.1. The highest BCUT2D eigenvalue weighted by Crippen LogP contribution is 2.29. The number of carbonyl (C=O) groups excluding carboxylic acids is 1. The van der Waals surface area contributed by atoms with E-state index in [9.17, 15) is 4.79 Å². The highest BCUT2D eigenvalue weighted by molar-refractivity contribution is 6.00. The van der Waals surface area contributed by atoms with Crippen molar-refractivity contribution >= 4 is 5.91 Å². The number of aryl methyl sites for hydroxylation is 1. The van der Waals surface area contributed by atoms with Crippen molar-refractivity contribution in [3.63, 3.8) is 0 Å². The molecule has 0 radical (unpaired) electrons. The van der Waals surface area contributed by atoms with Gasteiger partial charge in [0.05, 0.1) is 20.3 Å². The molecule has 1 N–H and O–H groups in total. The van der Waals surface area contributed by atoms with Gasteiger partial charge in [-0.3, -0.25) is 4.79 Å². The average molecular weight is 313 g/mol. The minimum Gasteiger partial charge on any atom is -0.496 e. The Labute approximate surface area is 137 Å².